The maximum absolute atomic E-state index is 11.4. The first-order chi connectivity index (χ1) is 9.56. The van der Waals surface area contributed by atoms with Crippen LogP contribution in [0.15, 0.2) is 24.3 Å². The summed E-state index contributed by atoms with van der Waals surface area (Å²) in [6.45, 7) is 5.04. The number of aliphatic hydroxyl groups excluding tert-OH is 1. The Labute approximate surface area is 121 Å². The minimum absolute atomic E-state index is 0.0844. The predicted molar refractivity (Wildman–Crippen MR) is 79.3 cm³/mol. The van der Waals surface area contributed by atoms with Crippen LogP contribution in [0.2, 0.25) is 0 Å². The Balaban J connectivity index is 2.64. The van der Waals surface area contributed by atoms with Gasteiger partial charge in [-0.05, 0) is 23.5 Å². The highest BCUT2D eigenvalue weighted by molar-refractivity contribution is 5.72. The Morgan fingerprint density at radius 2 is 1.95 bits per heavy atom. The number of ether oxygens (including phenoxy) is 1. The van der Waals surface area contributed by atoms with Gasteiger partial charge in [0.1, 0.15) is 0 Å². The smallest absolute Gasteiger partial charge is 0.309 e. The molecule has 1 aromatic carbocycles. The second kappa shape index (κ2) is 8.72. The normalized spacial score (nSPS) is 12.4. The number of aliphatic hydroxyl groups is 1. The molecule has 0 radical (unpaired) electrons. The zero-order valence-electron chi connectivity index (χ0n) is 12.6. The highest BCUT2D eigenvalue weighted by Crippen LogP contribution is 2.11. The lowest BCUT2D eigenvalue weighted by molar-refractivity contribution is -0.139. The van der Waals surface area contributed by atoms with Crippen LogP contribution in [0.1, 0.15) is 31.4 Å². The number of methoxy groups -OCH3 is 1. The van der Waals surface area contributed by atoms with Gasteiger partial charge in [0.15, 0.2) is 0 Å². The average Bonchev–Trinajstić information content (AvgIpc) is 2.44. The van der Waals surface area contributed by atoms with E-state index in [9.17, 15) is 9.90 Å². The third-order valence-corrected chi connectivity index (χ3v) is 3.24. The fourth-order valence-corrected chi connectivity index (χ4v) is 2.18. The number of hydrogen-bond acceptors (Lipinski definition) is 4. The minimum Gasteiger partial charge on any atom is -0.469 e. The van der Waals surface area contributed by atoms with Crippen molar-refractivity contribution in [2.24, 2.45) is 5.92 Å². The van der Waals surface area contributed by atoms with Gasteiger partial charge in [-0.25, -0.2) is 0 Å². The molecule has 1 unspecified atom stereocenters. The quantitative estimate of drug-likeness (QED) is 0.714. The van der Waals surface area contributed by atoms with Crippen LogP contribution in [0, 0.1) is 5.92 Å². The van der Waals surface area contributed by atoms with Crippen molar-refractivity contribution in [2.75, 3.05) is 13.7 Å². The number of esters is 1. The van der Waals surface area contributed by atoms with E-state index >= 15 is 0 Å². The van der Waals surface area contributed by atoms with Gasteiger partial charge in [-0.2, -0.15) is 0 Å². The van der Waals surface area contributed by atoms with Gasteiger partial charge in [-0.15, -0.1) is 0 Å². The third-order valence-electron chi connectivity index (χ3n) is 3.24. The van der Waals surface area contributed by atoms with Crippen molar-refractivity contribution in [3.8, 4) is 0 Å². The molecule has 1 aromatic rings. The highest BCUT2D eigenvalue weighted by Gasteiger charge is 2.11. The van der Waals surface area contributed by atoms with Gasteiger partial charge in [0, 0.05) is 12.6 Å². The molecule has 0 aliphatic rings. The molecule has 0 saturated heterocycles. The molecule has 4 heteroatoms. The molecule has 0 amide bonds. The van der Waals surface area contributed by atoms with Gasteiger partial charge in [0.2, 0.25) is 0 Å². The second-order valence-corrected chi connectivity index (χ2v) is 5.41. The first-order valence-corrected chi connectivity index (χ1v) is 7.04. The van der Waals surface area contributed by atoms with E-state index in [2.05, 4.69) is 19.2 Å². The summed E-state index contributed by atoms with van der Waals surface area (Å²) in [4.78, 5) is 11.4. The summed E-state index contributed by atoms with van der Waals surface area (Å²) < 4.78 is 4.71. The molecule has 0 aromatic heterocycles. The molecule has 0 fully saturated rings. The number of hydrogen-bond donors (Lipinski definition) is 2. The molecule has 1 atom stereocenters. The zero-order chi connectivity index (χ0) is 15.0. The van der Waals surface area contributed by atoms with Crippen LogP contribution in [-0.2, 0) is 22.5 Å². The van der Waals surface area contributed by atoms with Crippen LogP contribution in [0.5, 0.6) is 0 Å². The van der Waals surface area contributed by atoms with E-state index in [4.69, 9.17) is 4.74 Å². The summed E-state index contributed by atoms with van der Waals surface area (Å²) in [5, 5.41) is 12.7. The van der Waals surface area contributed by atoms with Gasteiger partial charge >= 0.3 is 5.97 Å². The van der Waals surface area contributed by atoms with Gasteiger partial charge in [-0.1, -0.05) is 38.1 Å². The van der Waals surface area contributed by atoms with Gasteiger partial charge < -0.3 is 15.2 Å². The topological polar surface area (TPSA) is 58.6 Å². The van der Waals surface area contributed by atoms with E-state index in [1.165, 1.54) is 7.11 Å². The molecular formula is C16H25NO3. The summed E-state index contributed by atoms with van der Waals surface area (Å²) in [5.41, 5.74) is 2.04. The molecule has 2 N–H and O–H groups in total. The molecule has 0 bridgehead atoms. The fraction of sp³-hybridized carbons (Fsp3) is 0.562. The van der Waals surface area contributed by atoms with Gasteiger partial charge in [0.25, 0.3) is 0 Å². The third kappa shape index (κ3) is 5.72. The first kappa shape index (κ1) is 16.7. The van der Waals surface area contributed by atoms with E-state index in [1.807, 2.05) is 24.3 Å². The number of rotatable bonds is 8. The fourth-order valence-electron chi connectivity index (χ4n) is 2.18. The Morgan fingerprint density at radius 1 is 1.30 bits per heavy atom. The Kier molecular flexibility index (Phi) is 7.26. The lowest BCUT2D eigenvalue weighted by atomic mass is 10.0. The lowest BCUT2D eigenvalue weighted by Gasteiger charge is -2.19. The number of carbonyl (C=O) groups is 1. The van der Waals surface area contributed by atoms with Crippen LogP contribution >= 0.6 is 0 Å². The summed E-state index contributed by atoms with van der Waals surface area (Å²) in [6, 6.07) is 7.88. The first-order valence-electron chi connectivity index (χ1n) is 7.04. The SMILES string of the molecule is COC(=O)Cc1ccccc1CNC(CO)CC(C)C. The molecule has 4 nitrogen and oxygen atoms in total. The molecule has 0 spiro atoms. The van der Waals surface area contributed by atoms with Gasteiger partial charge in [0.05, 0.1) is 20.1 Å². The molecule has 0 saturated carbocycles. The van der Waals surface area contributed by atoms with Crippen molar-refractivity contribution < 1.29 is 14.6 Å². The summed E-state index contributed by atoms with van der Waals surface area (Å²) in [5.74, 6) is 0.295. The van der Waals surface area contributed by atoms with Crippen LogP contribution in [0.3, 0.4) is 0 Å². The summed E-state index contributed by atoms with van der Waals surface area (Å²) in [6.07, 6.45) is 1.21. The van der Waals surface area contributed by atoms with Crippen LogP contribution < -0.4 is 5.32 Å². The maximum atomic E-state index is 11.4. The molecule has 0 heterocycles. The maximum Gasteiger partial charge on any atom is 0.309 e. The van der Waals surface area contributed by atoms with Crippen molar-refractivity contribution in [2.45, 2.75) is 39.3 Å². The molecule has 1 rings (SSSR count). The van der Waals surface area contributed by atoms with E-state index < -0.39 is 0 Å². The van der Waals surface area contributed by atoms with E-state index in [0.717, 1.165) is 17.5 Å². The second-order valence-electron chi connectivity index (χ2n) is 5.41. The summed E-state index contributed by atoms with van der Waals surface area (Å²) >= 11 is 0. The predicted octanol–water partition coefficient (Wildman–Crippen LogP) is 1.90. The minimum atomic E-state index is -0.238. The van der Waals surface area contributed by atoms with Crippen molar-refractivity contribution in [1.29, 1.82) is 0 Å². The molecule has 112 valence electrons. The van der Waals surface area contributed by atoms with E-state index in [-0.39, 0.29) is 25.0 Å². The van der Waals surface area contributed by atoms with Crippen molar-refractivity contribution >= 4 is 5.97 Å². The van der Waals surface area contributed by atoms with Crippen LogP contribution in [0.25, 0.3) is 0 Å². The molecule has 20 heavy (non-hydrogen) atoms. The van der Waals surface area contributed by atoms with Crippen molar-refractivity contribution in [3.05, 3.63) is 35.4 Å². The number of benzene rings is 1. The van der Waals surface area contributed by atoms with Crippen LogP contribution in [-0.4, -0.2) is 30.8 Å². The largest absolute Gasteiger partial charge is 0.469 e. The molecular weight excluding hydrogens is 254 g/mol. The Hall–Kier alpha value is -1.39. The van der Waals surface area contributed by atoms with Crippen molar-refractivity contribution in [1.82, 2.24) is 5.32 Å². The lowest BCUT2D eigenvalue weighted by Crippen LogP contribution is -2.33. The van der Waals surface area contributed by atoms with E-state index in [1.54, 1.807) is 0 Å². The Morgan fingerprint density at radius 3 is 2.50 bits per heavy atom. The zero-order valence-corrected chi connectivity index (χ0v) is 12.6. The average molecular weight is 279 g/mol. The molecule has 0 aliphatic carbocycles. The van der Waals surface area contributed by atoms with E-state index in [0.29, 0.717) is 12.5 Å². The monoisotopic (exact) mass is 279 g/mol. The van der Waals surface area contributed by atoms with Gasteiger partial charge in [-0.3, -0.25) is 4.79 Å². The summed E-state index contributed by atoms with van der Waals surface area (Å²) in [7, 11) is 1.40. The standard InChI is InChI=1S/C16H25NO3/c1-12(2)8-15(11-18)17-10-14-7-5-4-6-13(14)9-16(19)20-3/h4-7,12,15,17-18H,8-11H2,1-3H3. The number of nitrogens with one attached hydrogen (secondary N) is 1. The van der Waals surface area contributed by atoms with Crippen LogP contribution in [0.4, 0.5) is 0 Å². The Bertz CT molecular complexity index is 418. The highest BCUT2D eigenvalue weighted by atomic mass is 16.5. The van der Waals surface area contributed by atoms with Crippen molar-refractivity contribution in [3.63, 3.8) is 0 Å². The molecule has 0 aliphatic heterocycles. The number of carbonyl (C=O) groups excluding carboxylic acids is 1.